The second-order valence-corrected chi connectivity index (χ2v) is 8.39. The normalized spacial score (nSPS) is 18.0. The zero-order valence-electron chi connectivity index (χ0n) is 17.3. The van der Waals surface area contributed by atoms with Crippen molar-refractivity contribution in [3.63, 3.8) is 0 Å². The lowest BCUT2D eigenvalue weighted by atomic mass is 9.96. The van der Waals surface area contributed by atoms with Gasteiger partial charge in [0.2, 0.25) is 0 Å². The average molecular weight is 526 g/mol. The number of halogens is 7. The molecule has 0 spiro atoms. The average Bonchev–Trinajstić information content (AvgIpc) is 3.10. The summed E-state index contributed by atoms with van der Waals surface area (Å²) >= 11 is 3.04. The molecule has 0 saturated carbocycles. The minimum Gasteiger partial charge on any atom is -0.458 e. The molecule has 10 heteroatoms. The van der Waals surface area contributed by atoms with Gasteiger partial charge in [-0.1, -0.05) is 27.6 Å². The van der Waals surface area contributed by atoms with Gasteiger partial charge in [0.25, 0.3) is 6.47 Å². The first-order valence-electron chi connectivity index (χ1n) is 9.64. The maximum atomic E-state index is 12.9. The number of aryl methyl sites for hydroxylation is 1. The van der Waals surface area contributed by atoms with Crippen molar-refractivity contribution in [1.29, 1.82) is 0 Å². The van der Waals surface area contributed by atoms with E-state index < -0.39 is 29.6 Å². The van der Waals surface area contributed by atoms with Crippen LogP contribution in [0.2, 0.25) is 0 Å². The first kappa shape index (κ1) is 26.2. The fourth-order valence-electron chi connectivity index (χ4n) is 3.55. The number of hydrogen-bond acceptors (Lipinski definition) is 3. The molecule has 176 valence electrons. The molecule has 1 aliphatic rings. The van der Waals surface area contributed by atoms with Gasteiger partial charge < -0.3 is 4.74 Å². The molecule has 32 heavy (non-hydrogen) atoms. The number of likely N-dealkylation sites (N-methyl/N-ethyl adjacent to an activating group) is 1. The quantitative estimate of drug-likeness (QED) is 0.325. The van der Waals surface area contributed by atoms with E-state index in [1.54, 1.807) is 13.0 Å². The standard InChI is InChI=1S/C15H18F3NO2.C7H4BrF3/c1-10-6-11(8-12(7-10)15(16,17)18)14(21-9-20)13-4-3-5-19(13)2;8-6-3-1-5(2-4-6)7(9,10)11/h6-9,13-14H,3-5H2,1-2H3;1-4H. The van der Waals surface area contributed by atoms with Crippen LogP contribution in [0.4, 0.5) is 26.3 Å². The van der Waals surface area contributed by atoms with Crippen molar-refractivity contribution in [2.45, 2.75) is 44.3 Å². The number of hydrogen-bond donors (Lipinski definition) is 0. The summed E-state index contributed by atoms with van der Waals surface area (Å²) in [6.07, 6.45) is -7.58. The highest BCUT2D eigenvalue weighted by atomic mass is 79.9. The van der Waals surface area contributed by atoms with Crippen LogP contribution in [0.1, 0.15) is 41.2 Å². The molecule has 0 bridgehead atoms. The van der Waals surface area contributed by atoms with Crippen molar-refractivity contribution in [2.24, 2.45) is 0 Å². The molecule has 0 aliphatic carbocycles. The second-order valence-electron chi connectivity index (χ2n) is 7.48. The molecular weight excluding hydrogens is 504 g/mol. The highest BCUT2D eigenvalue weighted by Gasteiger charge is 2.35. The van der Waals surface area contributed by atoms with Crippen LogP contribution < -0.4 is 0 Å². The van der Waals surface area contributed by atoms with Gasteiger partial charge in [-0.2, -0.15) is 26.3 Å². The second kappa shape index (κ2) is 10.7. The third-order valence-corrected chi connectivity index (χ3v) is 5.58. The Hall–Kier alpha value is -2.07. The summed E-state index contributed by atoms with van der Waals surface area (Å²) in [5.41, 5.74) is -0.438. The Kier molecular flexibility index (Phi) is 8.75. The summed E-state index contributed by atoms with van der Waals surface area (Å²) in [6, 6.07) is 8.53. The summed E-state index contributed by atoms with van der Waals surface area (Å²) in [7, 11) is 1.89. The van der Waals surface area contributed by atoms with Gasteiger partial charge in [-0.3, -0.25) is 9.69 Å². The number of likely N-dealkylation sites (tertiary alicyclic amines) is 1. The summed E-state index contributed by atoms with van der Waals surface area (Å²) < 4.78 is 80.3. The molecule has 0 aromatic heterocycles. The molecule has 1 saturated heterocycles. The molecule has 2 aromatic carbocycles. The molecule has 3 rings (SSSR count). The third-order valence-electron chi connectivity index (χ3n) is 5.06. The highest BCUT2D eigenvalue weighted by Crippen LogP contribution is 2.36. The Morgan fingerprint density at radius 2 is 1.62 bits per heavy atom. The van der Waals surface area contributed by atoms with E-state index in [0.29, 0.717) is 22.1 Å². The largest absolute Gasteiger partial charge is 0.458 e. The summed E-state index contributed by atoms with van der Waals surface area (Å²) in [5.74, 6) is 0. The Morgan fingerprint density at radius 3 is 2.09 bits per heavy atom. The number of rotatable bonds is 4. The van der Waals surface area contributed by atoms with Gasteiger partial charge in [-0.25, -0.2) is 0 Å². The van der Waals surface area contributed by atoms with Gasteiger partial charge in [0.1, 0.15) is 6.10 Å². The molecule has 0 radical (unpaired) electrons. The van der Waals surface area contributed by atoms with Crippen molar-refractivity contribution in [3.05, 3.63) is 69.2 Å². The van der Waals surface area contributed by atoms with Crippen LogP contribution in [-0.4, -0.2) is 31.0 Å². The van der Waals surface area contributed by atoms with Crippen molar-refractivity contribution >= 4 is 22.4 Å². The summed E-state index contributed by atoms with van der Waals surface area (Å²) in [5, 5.41) is 0. The molecule has 2 aromatic rings. The van der Waals surface area contributed by atoms with Crippen LogP contribution in [0.15, 0.2) is 46.9 Å². The lowest BCUT2D eigenvalue weighted by Gasteiger charge is -2.28. The molecule has 1 heterocycles. The van der Waals surface area contributed by atoms with Crippen molar-refractivity contribution in [1.82, 2.24) is 4.90 Å². The number of nitrogens with zero attached hydrogens (tertiary/aromatic N) is 1. The molecule has 2 atom stereocenters. The van der Waals surface area contributed by atoms with Gasteiger partial charge in [0, 0.05) is 4.47 Å². The van der Waals surface area contributed by atoms with Crippen molar-refractivity contribution in [3.8, 4) is 0 Å². The first-order valence-corrected chi connectivity index (χ1v) is 10.4. The van der Waals surface area contributed by atoms with Crippen LogP contribution in [0.5, 0.6) is 0 Å². The van der Waals surface area contributed by atoms with Gasteiger partial charge in [0.15, 0.2) is 0 Å². The van der Waals surface area contributed by atoms with Gasteiger partial charge in [-0.15, -0.1) is 0 Å². The predicted molar refractivity (Wildman–Crippen MR) is 111 cm³/mol. The minimum absolute atomic E-state index is 0.0851. The monoisotopic (exact) mass is 525 g/mol. The van der Waals surface area contributed by atoms with E-state index in [1.165, 1.54) is 12.1 Å². The van der Waals surface area contributed by atoms with Gasteiger partial charge in [0.05, 0.1) is 17.2 Å². The first-order chi connectivity index (χ1) is 14.8. The zero-order valence-corrected chi connectivity index (χ0v) is 18.9. The van der Waals surface area contributed by atoms with Crippen LogP contribution in [0.25, 0.3) is 0 Å². The van der Waals surface area contributed by atoms with Crippen LogP contribution in [-0.2, 0) is 21.9 Å². The zero-order chi connectivity index (χ0) is 24.1. The molecule has 2 unspecified atom stereocenters. The number of carbonyl (C=O) groups is 1. The van der Waals surface area contributed by atoms with E-state index in [-0.39, 0.29) is 6.04 Å². The molecular formula is C22H22BrF6NO2. The van der Waals surface area contributed by atoms with E-state index in [2.05, 4.69) is 15.9 Å². The Balaban J connectivity index is 0.000000278. The Bertz CT molecular complexity index is 899. The molecule has 1 fully saturated rings. The van der Waals surface area contributed by atoms with E-state index in [0.717, 1.165) is 43.7 Å². The smallest absolute Gasteiger partial charge is 0.416 e. The van der Waals surface area contributed by atoms with E-state index in [1.807, 2.05) is 11.9 Å². The highest BCUT2D eigenvalue weighted by molar-refractivity contribution is 9.10. The predicted octanol–water partition coefficient (Wildman–Crippen LogP) is 6.79. The number of carbonyl (C=O) groups excluding carboxylic acids is 1. The number of ether oxygens (including phenoxy) is 1. The lowest BCUT2D eigenvalue weighted by Crippen LogP contribution is -2.32. The fraction of sp³-hybridized carbons (Fsp3) is 0.409. The van der Waals surface area contributed by atoms with Crippen LogP contribution in [0.3, 0.4) is 0 Å². The lowest BCUT2D eigenvalue weighted by molar-refractivity contribution is -0.139. The molecule has 3 nitrogen and oxygen atoms in total. The van der Waals surface area contributed by atoms with Crippen LogP contribution in [0, 0.1) is 6.92 Å². The van der Waals surface area contributed by atoms with Crippen molar-refractivity contribution in [2.75, 3.05) is 13.6 Å². The number of benzene rings is 2. The summed E-state index contributed by atoms with van der Waals surface area (Å²) in [4.78, 5) is 12.8. The molecule has 0 amide bonds. The Morgan fingerprint density at radius 1 is 1.03 bits per heavy atom. The maximum Gasteiger partial charge on any atom is 0.416 e. The van der Waals surface area contributed by atoms with Crippen LogP contribution >= 0.6 is 15.9 Å². The topological polar surface area (TPSA) is 29.5 Å². The molecule has 1 aliphatic heterocycles. The minimum atomic E-state index is -4.41. The van der Waals surface area contributed by atoms with Gasteiger partial charge >= 0.3 is 12.4 Å². The third kappa shape index (κ3) is 7.23. The van der Waals surface area contributed by atoms with E-state index in [9.17, 15) is 31.1 Å². The van der Waals surface area contributed by atoms with E-state index >= 15 is 0 Å². The molecule has 0 N–H and O–H groups in total. The summed E-state index contributed by atoms with van der Waals surface area (Å²) in [6.45, 7) is 2.77. The van der Waals surface area contributed by atoms with E-state index in [4.69, 9.17) is 4.74 Å². The Labute approximate surface area is 190 Å². The fourth-order valence-corrected chi connectivity index (χ4v) is 3.81. The maximum absolute atomic E-state index is 12.9. The van der Waals surface area contributed by atoms with Crippen molar-refractivity contribution < 1.29 is 35.9 Å². The van der Waals surface area contributed by atoms with Gasteiger partial charge in [-0.05, 0) is 75.3 Å². The number of alkyl halides is 6. The SMILES string of the molecule is Cc1cc(C(OC=O)C2CCCN2C)cc(C(F)(F)F)c1.FC(F)(F)c1ccc(Br)cc1.